The third-order valence-corrected chi connectivity index (χ3v) is 4.26. The number of amides is 2. The molecule has 0 atom stereocenters. The lowest BCUT2D eigenvalue weighted by Gasteiger charge is -2.32. The summed E-state index contributed by atoms with van der Waals surface area (Å²) in [6, 6.07) is 14.0. The maximum atomic E-state index is 12.4. The maximum Gasteiger partial charge on any atom is 0.272 e. The Morgan fingerprint density at radius 2 is 1.96 bits per heavy atom. The minimum atomic E-state index is -0.188. The predicted molar refractivity (Wildman–Crippen MR) is 91.8 cm³/mol. The standard InChI is InChI=1S/C19H18N4O2/c20-13-14-4-3-5-15(12-14)18(24)22-16-7-10-23(11-8-16)19(25)17-6-1-2-9-21-17/h1-6,9,12,16H,7-8,10-11H2,(H,22,24). The molecule has 126 valence electrons. The van der Waals surface area contributed by atoms with Crippen molar-refractivity contribution in [2.45, 2.75) is 18.9 Å². The van der Waals surface area contributed by atoms with Crippen LogP contribution in [0.5, 0.6) is 0 Å². The molecule has 1 aliphatic rings. The van der Waals surface area contributed by atoms with Gasteiger partial charge >= 0.3 is 0 Å². The fraction of sp³-hybridized carbons (Fsp3) is 0.263. The van der Waals surface area contributed by atoms with Crippen LogP contribution in [-0.2, 0) is 0 Å². The van der Waals surface area contributed by atoms with E-state index >= 15 is 0 Å². The van der Waals surface area contributed by atoms with Crippen molar-refractivity contribution in [3.8, 4) is 6.07 Å². The zero-order chi connectivity index (χ0) is 17.6. The Kier molecular flexibility index (Phi) is 5.05. The number of carbonyl (C=O) groups excluding carboxylic acids is 2. The molecule has 0 unspecified atom stereocenters. The number of aromatic nitrogens is 1. The summed E-state index contributed by atoms with van der Waals surface area (Å²) in [6.07, 6.45) is 3.00. The van der Waals surface area contributed by atoms with Crippen molar-refractivity contribution < 1.29 is 9.59 Å². The number of benzene rings is 1. The molecule has 1 N–H and O–H groups in total. The Morgan fingerprint density at radius 1 is 1.16 bits per heavy atom. The van der Waals surface area contributed by atoms with Gasteiger partial charge in [-0.15, -0.1) is 0 Å². The molecule has 1 fully saturated rings. The Balaban J connectivity index is 1.55. The summed E-state index contributed by atoms with van der Waals surface area (Å²) in [5.74, 6) is -0.265. The average Bonchev–Trinajstić information content (AvgIpc) is 2.68. The van der Waals surface area contributed by atoms with E-state index in [9.17, 15) is 9.59 Å². The highest BCUT2D eigenvalue weighted by Crippen LogP contribution is 2.14. The van der Waals surface area contributed by atoms with Gasteiger partial charge < -0.3 is 10.2 Å². The molecule has 6 nitrogen and oxygen atoms in total. The highest BCUT2D eigenvalue weighted by Gasteiger charge is 2.25. The van der Waals surface area contributed by atoms with E-state index in [1.807, 2.05) is 6.07 Å². The molecule has 25 heavy (non-hydrogen) atoms. The minimum Gasteiger partial charge on any atom is -0.349 e. The van der Waals surface area contributed by atoms with E-state index in [4.69, 9.17) is 5.26 Å². The maximum absolute atomic E-state index is 12.4. The van der Waals surface area contributed by atoms with Gasteiger partial charge in [0.05, 0.1) is 11.6 Å². The molecule has 1 aromatic heterocycles. The van der Waals surface area contributed by atoms with E-state index in [0.717, 1.165) is 0 Å². The zero-order valence-corrected chi connectivity index (χ0v) is 13.7. The number of pyridine rings is 1. The monoisotopic (exact) mass is 334 g/mol. The van der Waals surface area contributed by atoms with Gasteiger partial charge in [0.25, 0.3) is 11.8 Å². The van der Waals surface area contributed by atoms with E-state index in [-0.39, 0.29) is 17.9 Å². The molecule has 0 radical (unpaired) electrons. The van der Waals surface area contributed by atoms with Crippen LogP contribution in [0.4, 0.5) is 0 Å². The molecule has 2 aromatic rings. The minimum absolute atomic E-state index is 0.0195. The number of rotatable bonds is 3. The molecular weight excluding hydrogens is 316 g/mol. The Morgan fingerprint density at radius 3 is 2.64 bits per heavy atom. The van der Waals surface area contributed by atoms with Crippen LogP contribution < -0.4 is 5.32 Å². The summed E-state index contributed by atoms with van der Waals surface area (Å²) in [5.41, 5.74) is 1.38. The van der Waals surface area contributed by atoms with Crippen LogP contribution in [0, 0.1) is 11.3 Å². The van der Waals surface area contributed by atoms with Gasteiger partial charge in [0.15, 0.2) is 0 Å². The second kappa shape index (κ2) is 7.58. The first-order chi connectivity index (χ1) is 12.2. The normalized spacial score (nSPS) is 14.6. The lowest BCUT2D eigenvalue weighted by atomic mass is 10.0. The van der Waals surface area contributed by atoms with Gasteiger partial charge in [-0.3, -0.25) is 14.6 Å². The number of carbonyl (C=O) groups is 2. The third kappa shape index (κ3) is 4.01. The first kappa shape index (κ1) is 16.7. The number of nitrogens with one attached hydrogen (secondary N) is 1. The molecule has 3 rings (SSSR count). The summed E-state index contributed by atoms with van der Waals surface area (Å²) in [4.78, 5) is 30.5. The Bertz CT molecular complexity index is 806. The highest BCUT2D eigenvalue weighted by molar-refractivity contribution is 5.95. The number of likely N-dealkylation sites (tertiary alicyclic amines) is 1. The van der Waals surface area contributed by atoms with E-state index in [1.165, 1.54) is 0 Å². The molecule has 0 aliphatic carbocycles. The quantitative estimate of drug-likeness (QED) is 0.930. The van der Waals surface area contributed by atoms with Gasteiger partial charge in [-0.2, -0.15) is 5.26 Å². The van der Waals surface area contributed by atoms with Crippen LogP contribution in [0.2, 0.25) is 0 Å². The summed E-state index contributed by atoms with van der Waals surface area (Å²) < 4.78 is 0. The van der Waals surface area contributed by atoms with Gasteiger partial charge in [0.1, 0.15) is 5.69 Å². The first-order valence-corrected chi connectivity index (χ1v) is 8.18. The van der Waals surface area contributed by atoms with Gasteiger partial charge in [-0.05, 0) is 43.2 Å². The highest BCUT2D eigenvalue weighted by atomic mass is 16.2. The van der Waals surface area contributed by atoms with Crippen molar-refractivity contribution in [2.24, 2.45) is 0 Å². The van der Waals surface area contributed by atoms with Crippen molar-refractivity contribution in [2.75, 3.05) is 13.1 Å². The fourth-order valence-electron chi connectivity index (χ4n) is 2.88. The molecule has 6 heteroatoms. The van der Waals surface area contributed by atoms with Crippen LogP contribution in [0.3, 0.4) is 0 Å². The number of piperidine rings is 1. The molecule has 1 aliphatic heterocycles. The molecule has 2 amide bonds. The Hall–Kier alpha value is -3.20. The van der Waals surface area contributed by atoms with Crippen molar-refractivity contribution in [1.82, 2.24) is 15.2 Å². The smallest absolute Gasteiger partial charge is 0.272 e. The van der Waals surface area contributed by atoms with Gasteiger partial charge in [0.2, 0.25) is 0 Å². The zero-order valence-electron chi connectivity index (χ0n) is 13.7. The fourth-order valence-corrected chi connectivity index (χ4v) is 2.88. The Labute approximate surface area is 146 Å². The molecule has 2 heterocycles. The number of hydrogen-bond donors (Lipinski definition) is 1. The van der Waals surface area contributed by atoms with Crippen LogP contribution >= 0.6 is 0 Å². The summed E-state index contributed by atoms with van der Waals surface area (Å²) in [5, 5.41) is 11.9. The predicted octanol–water partition coefficient (Wildman–Crippen LogP) is 1.99. The topological polar surface area (TPSA) is 86.1 Å². The number of hydrogen-bond acceptors (Lipinski definition) is 4. The lowest BCUT2D eigenvalue weighted by molar-refractivity contribution is 0.0692. The molecule has 1 saturated heterocycles. The number of nitriles is 1. The van der Waals surface area contributed by atoms with Gasteiger partial charge in [0, 0.05) is 30.9 Å². The van der Waals surface area contributed by atoms with Crippen molar-refractivity contribution in [3.05, 3.63) is 65.5 Å². The van der Waals surface area contributed by atoms with Crippen LogP contribution in [0.25, 0.3) is 0 Å². The van der Waals surface area contributed by atoms with Crippen molar-refractivity contribution in [3.63, 3.8) is 0 Å². The molecular formula is C19H18N4O2. The summed E-state index contributed by atoms with van der Waals surface area (Å²) >= 11 is 0. The molecule has 0 saturated carbocycles. The van der Waals surface area contributed by atoms with E-state index in [0.29, 0.717) is 42.8 Å². The SMILES string of the molecule is N#Cc1cccc(C(=O)NC2CCN(C(=O)c3ccccn3)CC2)c1. The van der Waals surface area contributed by atoms with Crippen LogP contribution in [-0.4, -0.2) is 40.8 Å². The van der Waals surface area contributed by atoms with Gasteiger partial charge in [-0.25, -0.2) is 0 Å². The average molecular weight is 334 g/mol. The van der Waals surface area contributed by atoms with Crippen molar-refractivity contribution in [1.29, 1.82) is 5.26 Å². The second-order valence-corrected chi connectivity index (χ2v) is 5.95. The number of nitrogens with zero attached hydrogens (tertiary/aromatic N) is 3. The molecule has 1 aromatic carbocycles. The second-order valence-electron chi connectivity index (χ2n) is 5.95. The van der Waals surface area contributed by atoms with E-state index < -0.39 is 0 Å². The third-order valence-electron chi connectivity index (χ3n) is 4.26. The first-order valence-electron chi connectivity index (χ1n) is 8.18. The molecule has 0 spiro atoms. The van der Waals surface area contributed by atoms with Crippen LogP contribution in [0.15, 0.2) is 48.7 Å². The summed E-state index contributed by atoms with van der Waals surface area (Å²) in [6.45, 7) is 1.16. The largest absolute Gasteiger partial charge is 0.349 e. The van der Waals surface area contributed by atoms with Gasteiger partial charge in [-0.1, -0.05) is 12.1 Å². The summed E-state index contributed by atoms with van der Waals surface area (Å²) in [7, 11) is 0. The van der Waals surface area contributed by atoms with E-state index in [1.54, 1.807) is 53.6 Å². The van der Waals surface area contributed by atoms with E-state index in [2.05, 4.69) is 10.3 Å². The van der Waals surface area contributed by atoms with Crippen molar-refractivity contribution >= 4 is 11.8 Å². The van der Waals surface area contributed by atoms with Crippen LogP contribution in [0.1, 0.15) is 39.3 Å². The lowest BCUT2D eigenvalue weighted by Crippen LogP contribution is -2.46. The molecule has 0 bridgehead atoms.